The SMILES string of the molecule is [N-]=[N+]=N[C@@H]1c2c(ccc3ccccc23)[C@H](OC(=O)c2ccccc2)[C@@H](OC(=O)c2ccccc2)[C@H]1OC(=O)c1ccccc1. The first-order valence-corrected chi connectivity index (χ1v) is 13.9. The molecule has 0 unspecified atom stereocenters. The van der Waals surface area contributed by atoms with Crippen molar-refractivity contribution in [3.8, 4) is 0 Å². The molecule has 0 radical (unpaired) electrons. The smallest absolute Gasteiger partial charge is 0.338 e. The average molecular weight is 584 g/mol. The predicted octanol–water partition coefficient (Wildman–Crippen LogP) is 7.55. The lowest BCUT2D eigenvalue weighted by Crippen LogP contribution is -2.47. The zero-order chi connectivity index (χ0) is 30.5. The Morgan fingerprint density at radius 3 is 1.59 bits per heavy atom. The number of rotatable bonds is 7. The number of nitrogens with zero attached hydrogens (tertiary/aromatic N) is 3. The van der Waals surface area contributed by atoms with Crippen molar-refractivity contribution in [2.75, 3.05) is 0 Å². The number of esters is 3. The fraction of sp³-hybridized carbons (Fsp3) is 0.114. The third-order valence-electron chi connectivity index (χ3n) is 7.46. The van der Waals surface area contributed by atoms with Gasteiger partial charge < -0.3 is 14.2 Å². The summed E-state index contributed by atoms with van der Waals surface area (Å²) in [5.41, 5.74) is 11.4. The Labute approximate surface area is 252 Å². The van der Waals surface area contributed by atoms with Crippen LogP contribution in [-0.4, -0.2) is 30.1 Å². The summed E-state index contributed by atoms with van der Waals surface area (Å²) in [7, 11) is 0. The Morgan fingerprint density at radius 1 is 0.568 bits per heavy atom. The molecule has 0 spiro atoms. The Balaban J connectivity index is 1.54. The summed E-state index contributed by atoms with van der Waals surface area (Å²) in [5.74, 6) is -2.14. The van der Waals surface area contributed by atoms with E-state index in [-0.39, 0.29) is 16.7 Å². The molecule has 0 saturated carbocycles. The summed E-state index contributed by atoms with van der Waals surface area (Å²) in [6.07, 6.45) is -3.97. The second kappa shape index (κ2) is 12.5. The maximum Gasteiger partial charge on any atom is 0.338 e. The van der Waals surface area contributed by atoms with Crippen LogP contribution in [0, 0.1) is 0 Å². The van der Waals surface area contributed by atoms with Crippen molar-refractivity contribution in [1.82, 2.24) is 0 Å². The van der Waals surface area contributed by atoms with E-state index in [2.05, 4.69) is 10.0 Å². The van der Waals surface area contributed by atoms with Crippen LogP contribution in [0.1, 0.15) is 54.3 Å². The summed E-state index contributed by atoms with van der Waals surface area (Å²) in [6.45, 7) is 0. The van der Waals surface area contributed by atoms with Crippen LogP contribution in [0.15, 0.2) is 133 Å². The quantitative estimate of drug-likeness (QED) is 0.0640. The van der Waals surface area contributed by atoms with Crippen LogP contribution < -0.4 is 0 Å². The minimum atomic E-state index is -1.38. The molecule has 5 aromatic carbocycles. The highest BCUT2D eigenvalue weighted by atomic mass is 16.6. The highest BCUT2D eigenvalue weighted by Gasteiger charge is 2.50. The second-order valence-electron chi connectivity index (χ2n) is 10.1. The summed E-state index contributed by atoms with van der Waals surface area (Å²) in [6, 6.07) is 34.8. The topological polar surface area (TPSA) is 128 Å². The molecule has 5 aromatic rings. The largest absolute Gasteiger partial charge is 0.454 e. The van der Waals surface area contributed by atoms with E-state index in [9.17, 15) is 19.9 Å². The van der Waals surface area contributed by atoms with E-state index in [1.54, 1.807) is 97.1 Å². The first kappa shape index (κ1) is 28.2. The van der Waals surface area contributed by atoms with Crippen molar-refractivity contribution in [3.05, 3.63) is 166 Å². The monoisotopic (exact) mass is 583 g/mol. The molecule has 1 aliphatic carbocycles. The summed E-state index contributed by atoms with van der Waals surface area (Å²) in [4.78, 5) is 43.6. The molecule has 0 bridgehead atoms. The van der Waals surface area contributed by atoms with E-state index in [1.807, 2.05) is 30.3 Å². The van der Waals surface area contributed by atoms with E-state index < -0.39 is 42.3 Å². The van der Waals surface area contributed by atoms with Crippen LogP contribution in [0.25, 0.3) is 21.2 Å². The zero-order valence-corrected chi connectivity index (χ0v) is 23.2. The van der Waals surface area contributed by atoms with Gasteiger partial charge in [0.1, 0.15) is 6.04 Å². The molecule has 0 N–H and O–H groups in total. The van der Waals surface area contributed by atoms with Crippen LogP contribution in [0.3, 0.4) is 0 Å². The molecule has 0 heterocycles. The lowest BCUT2D eigenvalue weighted by Gasteiger charge is -2.41. The van der Waals surface area contributed by atoms with Crippen LogP contribution in [-0.2, 0) is 14.2 Å². The van der Waals surface area contributed by atoms with Gasteiger partial charge in [0.05, 0.1) is 16.7 Å². The van der Waals surface area contributed by atoms with E-state index in [0.29, 0.717) is 16.5 Å². The van der Waals surface area contributed by atoms with E-state index in [0.717, 1.165) is 5.39 Å². The second-order valence-corrected chi connectivity index (χ2v) is 10.1. The summed E-state index contributed by atoms with van der Waals surface area (Å²) >= 11 is 0. The van der Waals surface area contributed by atoms with Crippen molar-refractivity contribution >= 4 is 28.7 Å². The number of fused-ring (bicyclic) bond motifs is 3. The summed E-state index contributed by atoms with van der Waals surface area (Å²) < 4.78 is 18.2. The fourth-order valence-corrected chi connectivity index (χ4v) is 5.44. The molecule has 9 nitrogen and oxygen atoms in total. The third kappa shape index (κ3) is 5.60. The van der Waals surface area contributed by atoms with Crippen molar-refractivity contribution < 1.29 is 28.6 Å². The standard InChI is InChI=1S/C35H25N3O6/c36-38-37-29-28-26-19-11-10-12-22(26)20-21-27(28)30(42-33(39)23-13-4-1-5-14-23)32(44-35(41)25-17-8-3-9-18-25)31(29)43-34(40)24-15-6-2-7-16-24/h1-21,29-32H/t29-,30+,31+,32-/m1/s1. The maximum absolute atomic E-state index is 13.5. The Bertz CT molecular complexity index is 1870. The number of hydrogen-bond donors (Lipinski definition) is 0. The number of azide groups is 1. The van der Waals surface area contributed by atoms with Crippen molar-refractivity contribution in [1.29, 1.82) is 0 Å². The van der Waals surface area contributed by atoms with E-state index >= 15 is 0 Å². The molecule has 216 valence electrons. The molecule has 0 aliphatic heterocycles. The third-order valence-corrected chi connectivity index (χ3v) is 7.46. The molecule has 0 aromatic heterocycles. The van der Waals surface area contributed by atoms with Gasteiger partial charge in [-0.15, -0.1) is 0 Å². The molecular weight excluding hydrogens is 558 g/mol. The van der Waals surface area contributed by atoms with Gasteiger partial charge >= 0.3 is 17.9 Å². The summed E-state index contributed by atoms with van der Waals surface area (Å²) in [5, 5.41) is 5.61. The van der Waals surface area contributed by atoms with Gasteiger partial charge in [0.2, 0.25) is 0 Å². The number of carbonyl (C=O) groups is 3. The molecule has 4 atom stereocenters. The first-order valence-electron chi connectivity index (χ1n) is 13.9. The Kier molecular flexibility index (Phi) is 8.03. The highest BCUT2D eigenvalue weighted by Crippen LogP contribution is 2.47. The van der Waals surface area contributed by atoms with Gasteiger partial charge in [-0.05, 0) is 58.3 Å². The van der Waals surface area contributed by atoms with Crippen LogP contribution in [0.5, 0.6) is 0 Å². The number of hydrogen-bond acceptors (Lipinski definition) is 7. The van der Waals surface area contributed by atoms with E-state index in [4.69, 9.17) is 14.2 Å². The zero-order valence-electron chi connectivity index (χ0n) is 23.2. The van der Waals surface area contributed by atoms with Crippen molar-refractivity contribution in [2.24, 2.45) is 5.11 Å². The number of ether oxygens (including phenoxy) is 3. The van der Waals surface area contributed by atoms with Crippen molar-refractivity contribution in [3.63, 3.8) is 0 Å². The van der Waals surface area contributed by atoms with Gasteiger partial charge in [-0.1, -0.05) is 96.1 Å². The van der Waals surface area contributed by atoms with Gasteiger partial charge in [0.15, 0.2) is 18.3 Å². The van der Waals surface area contributed by atoms with Crippen molar-refractivity contribution in [2.45, 2.75) is 24.4 Å². The van der Waals surface area contributed by atoms with Crippen LogP contribution in [0.2, 0.25) is 0 Å². The normalized spacial score (nSPS) is 18.7. The van der Waals surface area contributed by atoms with E-state index in [1.165, 1.54) is 0 Å². The molecule has 1 aliphatic rings. The minimum absolute atomic E-state index is 0.235. The van der Waals surface area contributed by atoms with Crippen LogP contribution in [0.4, 0.5) is 0 Å². The van der Waals surface area contributed by atoms with Gasteiger partial charge in [-0.25, -0.2) is 14.4 Å². The Hall–Kier alpha value is -5.92. The minimum Gasteiger partial charge on any atom is -0.454 e. The van der Waals surface area contributed by atoms with Gasteiger partial charge in [-0.2, -0.15) is 0 Å². The number of carbonyl (C=O) groups excluding carboxylic acids is 3. The highest BCUT2D eigenvalue weighted by molar-refractivity contribution is 5.92. The average Bonchev–Trinajstić information content (AvgIpc) is 3.08. The molecule has 6 rings (SSSR count). The Morgan fingerprint density at radius 2 is 1.05 bits per heavy atom. The maximum atomic E-state index is 13.5. The lowest BCUT2D eigenvalue weighted by molar-refractivity contribution is -0.103. The molecule has 44 heavy (non-hydrogen) atoms. The molecule has 9 heteroatoms. The van der Waals surface area contributed by atoms with Gasteiger partial charge in [0, 0.05) is 10.5 Å². The fourth-order valence-electron chi connectivity index (χ4n) is 5.44. The lowest BCUT2D eigenvalue weighted by atomic mass is 9.79. The molecule has 0 fully saturated rings. The molecular formula is C35H25N3O6. The molecule has 0 amide bonds. The van der Waals surface area contributed by atoms with Crippen LogP contribution >= 0.6 is 0 Å². The van der Waals surface area contributed by atoms with Gasteiger partial charge in [0.25, 0.3) is 0 Å². The van der Waals surface area contributed by atoms with Gasteiger partial charge in [-0.3, -0.25) is 0 Å². The number of benzene rings is 5. The first-order chi connectivity index (χ1) is 21.5. The predicted molar refractivity (Wildman–Crippen MR) is 162 cm³/mol. The molecule has 0 saturated heterocycles.